The van der Waals surface area contributed by atoms with Crippen molar-refractivity contribution in [2.75, 3.05) is 11.1 Å². The van der Waals surface area contributed by atoms with Crippen LogP contribution in [0.3, 0.4) is 0 Å². The summed E-state index contributed by atoms with van der Waals surface area (Å²) in [6.07, 6.45) is 1.49. The van der Waals surface area contributed by atoms with Crippen molar-refractivity contribution >= 4 is 51.3 Å². The van der Waals surface area contributed by atoms with Crippen molar-refractivity contribution < 1.29 is 0 Å². The van der Waals surface area contributed by atoms with E-state index in [4.69, 9.17) is 28.9 Å². The van der Waals surface area contributed by atoms with E-state index in [1.165, 1.54) is 6.33 Å². The van der Waals surface area contributed by atoms with E-state index >= 15 is 0 Å². The summed E-state index contributed by atoms with van der Waals surface area (Å²) >= 11 is 12.4. The Kier molecular flexibility index (Phi) is 3.57. The third-order valence-electron chi connectivity index (χ3n) is 3.16. The van der Waals surface area contributed by atoms with Gasteiger partial charge in [0.05, 0.1) is 16.2 Å². The van der Waals surface area contributed by atoms with Crippen LogP contribution in [0.5, 0.6) is 0 Å². The molecule has 1 heterocycles. The van der Waals surface area contributed by atoms with Crippen molar-refractivity contribution in [3.63, 3.8) is 0 Å². The number of halogens is 2. The molecule has 2 aromatic carbocycles. The minimum atomic E-state index is 0.576. The van der Waals surface area contributed by atoms with Crippen LogP contribution in [-0.4, -0.2) is 9.97 Å². The van der Waals surface area contributed by atoms with Gasteiger partial charge in [-0.05, 0) is 42.8 Å². The first-order chi connectivity index (χ1) is 10.0. The fraction of sp³-hybridized carbons (Fsp3) is 0.0667. The van der Waals surface area contributed by atoms with Gasteiger partial charge < -0.3 is 11.1 Å². The van der Waals surface area contributed by atoms with E-state index < -0.39 is 0 Å². The molecule has 0 unspecified atom stereocenters. The van der Waals surface area contributed by atoms with E-state index in [-0.39, 0.29) is 0 Å². The molecular weight excluding hydrogens is 307 g/mol. The lowest BCUT2D eigenvalue weighted by Crippen LogP contribution is -1.98. The van der Waals surface area contributed by atoms with Crippen LogP contribution in [0.25, 0.3) is 10.9 Å². The SMILES string of the molecule is Cc1cc(Cl)c(Nc2ncnc3ccc(N)cc23)cc1Cl. The molecule has 0 bridgehead atoms. The van der Waals surface area contributed by atoms with E-state index in [0.29, 0.717) is 27.2 Å². The van der Waals surface area contributed by atoms with Gasteiger partial charge in [-0.3, -0.25) is 0 Å². The van der Waals surface area contributed by atoms with Gasteiger partial charge in [0.1, 0.15) is 12.1 Å². The van der Waals surface area contributed by atoms with Crippen molar-refractivity contribution in [2.45, 2.75) is 6.92 Å². The van der Waals surface area contributed by atoms with Crippen LogP contribution in [0.15, 0.2) is 36.7 Å². The van der Waals surface area contributed by atoms with Crippen molar-refractivity contribution in [3.05, 3.63) is 52.3 Å². The summed E-state index contributed by atoms with van der Waals surface area (Å²) < 4.78 is 0. The summed E-state index contributed by atoms with van der Waals surface area (Å²) in [7, 11) is 0. The molecule has 0 aliphatic heterocycles. The first kappa shape index (κ1) is 13.9. The normalized spacial score (nSPS) is 10.8. The molecule has 106 valence electrons. The largest absolute Gasteiger partial charge is 0.399 e. The van der Waals surface area contributed by atoms with Gasteiger partial charge in [-0.1, -0.05) is 23.2 Å². The molecule has 3 N–H and O–H groups in total. The minimum absolute atomic E-state index is 0.576. The maximum absolute atomic E-state index is 6.24. The van der Waals surface area contributed by atoms with Gasteiger partial charge in [-0.2, -0.15) is 0 Å². The second-order valence-corrected chi connectivity index (χ2v) is 5.52. The number of benzene rings is 2. The molecule has 3 rings (SSSR count). The third-order valence-corrected chi connectivity index (χ3v) is 3.88. The molecule has 0 atom stereocenters. The highest BCUT2D eigenvalue weighted by Gasteiger charge is 2.09. The van der Waals surface area contributed by atoms with Crippen LogP contribution >= 0.6 is 23.2 Å². The van der Waals surface area contributed by atoms with E-state index in [2.05, 4.69) is 15.3 Å². The Hall–Kier alpha value is -2.04. The number of aromatic nitrogens is 2. The summed E-state index contributed by atoms with van der Waals surface area (Å²) in [6, 6.07) is 9.06. The number of nitrogens with two attached hydrogens (primary N) is 1. The monoisotopic (exact) mass is 318 g/mol. The Morgan fingerprint density at radius 1 is 1.05 bits per heavy atom. The molecule has 0 saturated heterocycles. The summed E-state index contributed by atoms with van der Waals surface area (Å²) in [5.41, 5.74) is 8.89. The molecule has 0 spiro atoms. The minimum Gasteiger partial charge on any atom is -0.399 e. The molecule has 3 aromatic rings. The zero-order valence-electron chi connectivity index (χ0n) is 11.2. The lowest BCUT2D eigenvalue weighted by atomic mass is 10.2. The number of nitrogens with zero attached hydrogens (tertiary/aromatic N) is 2. The van der Waals surface area contributed by atoms with Crippen molar-refractivity contribution in [1.29, 1.82) is 0 Å². The maximum atomic E-state index is 6.24. The van der Waals surface area contributed by atoms with Crippen LogP contribution in [0.2, 0.25) is 10.0 Å². The highest BCUT2D eigenvalue weighted by atomic mass is 35.5. The molecule has 6 heteroatoms. The van der Waals surface area contributed by atoms with Gasteiger partial charge in [0.15, 0.2) is 0 Å². The molecule has 0 aliphatic carbocycles. The molecule has 4 nitrogen and oxygen atoms in total. The Bertz CT molecular complexity index is 833. The fourth-order valence-electron chi connectivity index (χ4n) is 2.04. The average Bonchev–Trinajstić information content (AvgIpc) is 2.45. The van der Waals surface area contributed by atoms with E-state index in [1.54, 1.807) is 12.1 Å². The van der Waals surface area contributed by atoms with Crippen molar-refractivity contribution in [1.82, 2.24) is 9.97 Å². The number of hydrogen-bond acceptors (Lipinski definition) is 4. The van der Waals surface area contributed by atoms with Crippen molar-refractivity contribution in [2.24, 2.45) is 0 Å². The molecule has 21 heavy (non-hydrogen) atoms. The predicted molar refractivity (Wildman–Crippen MR) is 88.4 cm³/mol. The van der Waals surface area contributed by atoms with Crippen LogP contribution in [0.4, 0.5) is 17.2 Å². The van der Waals surface area contributed by atoms with Crippen LogP contribution in [-0.2, 0) is 0 Å². The number of rotatable bonds is 2. The highest BCUT2D eigenvalue weighted by Crippen LogP contribution is 2.32. The Balaban J connectivity index is 2.10. The first-order valence-corrected chi connectivity index (χ1v) is 7.03. The predicted octanol–water partition coefficient (Wildman–Crippen LogP) is 4.57. The lowest BCUT2D eigenvalue weighted by Gasteiger charge is -2.11. The van der Waals surface area contributed by atoms with E-state index in [0.717, 1.165) is 16.5 Å². The number of hydrogen-bond donors (Lipinski definition) is 2. The summed E-state index contributed by atoms with van der Waals surface area (Å²) in [5, 5.41) is 5.23. The zero-order valence-corrected chi connectivity index (χ0v) is 12.7. The molecule has 0 radical (unpaired) electrons. The van der Waals surface area contributed by atoms with Gasteiger partial charge in [0, 0.05) is 16.1 Å². The average molecular weight is 319 g/mol. The van der Waals surface area contributed by atoms with Gasteiger partial charge in [0.25, 0.3) is 0 Å². The number of nitrogens with one attached hydrogen (secondary N) is 1. The fourth-order valence-corrected chi connectivity index (χ4v) is 2.47. The molecular formula is C15H12Cl2N4. The van der Waals surface area contributed by atoms with Gasteiger partial charge in [-0.15, -0.1) is 0 Å². The van der Waals surface area contributed by atoms with Crippen molar-refractivity contribution in [3.8, 4) is 0 Å². The maximum Gasteiger partial charge on any atom is 0.141 e. The lowest BCUT2D eigenvalue weighted by molar-refractivity contribution is 1.22. The molecule has 0 saturated carbocycles. The van der Waals surface area contributed by atoms with E-state index in [1.807, 2.05) is 25.1 Å². The molecule has 0 aliphatic rings. The van der Waals surface area contributed by atoms with Crippen LogP contribution in [0, 0.1) is 6.92 Å². The summed E-state index contributed by atoms with van der Waals surface area (Å²) in [6.45, 7) is 1.90. The number of aryl methyl sites for hydroxylation is 1. The molecule has 0 amide bonds. The topological polar surface area (TPSA) is 63.8 Å². The third kappa shape index (κ3) is 2.73. The quantitative estimate of drug-likeness (QED) is 0.679. The zero-order chi connectivity index (χ0) is 15.0. The van der Waals surface area contributed by atoms with Gasteiger partial charge >= 0.3 is 0 Å². The standard InChI is InChI=1S/C15H12Cl2N4/c1-8-4-12(17)14(6-11(8)16)21-15-10-5-9(18)2-3-13(10)19-7-20-15/h2-7H,18H2,1H3,(H,19,20,21). The van der Waals surface area contributed by atoms with Crippen LogP contribution < -0.4 is 11.1 Å². The second-order valence-electron chi connectivity index (χ2n) is 4.71. The first-order valence-electron chi connectivity index (χ1n) is 6.27. The number of nitrogen functional groups attached to an aromatic ring is 1. The second kappa shape index (κ2) is 5.39. The highest BCUT2D eigenvalue weighted by molar-refractivity contribution is 6.36. The van der Waals surface area contributed by atoms with Gasteiger partial charge in [-0.25, -0.2) is 9.97 Å². The molecule has 1 aromatic heterocycles. The number of anilines is 3. The molecule has 0 fully saturated rings. The summed E-state index contributed by atoms with van der Waals surface area (Å²) in [4.78, 5) is 8.47. The Morgan fingerprint density at radius 2 is 1.86 bits per heavy atom. The van der Waals surface area contributed by atoms with Crippen LogP contribution in [0.1, 0.15) is 5.56 Å². The van der Waals surface area contributed by atoms with E-state index in [9.17, 15) is 0 Å². The van der Waals surface area contributed by atoms with Gasteiger partial charge in [0.2, 0.25) is 0 Å². The Labute approximate surface area is 131 Å². The summed E-state index contributed by atoms with van der Waals surface area (Å²) in [5.74, 6) is 0.633. The smallest absolute Gasteiger partial charge is 0.141 e. The number of fused-ring (bicyclic) bond motifs is 1. The Morgan fingerprint density at radius 3 is 2.67 bits per heavy atom.